The second kappa shape index (κ2) is 10.2. The van der Waals surface area contributed by atoms with Gasteiger partial charge in [0.05, 0.1) is 11.5 Å². The van der Waals surface area contributed by atoms with Gasteiger partial charge in [-0.15, -0.1) is 0 Å². The van der Waals surface area contributed by atoms with Crippen LogP contribution < -0.4 is 4.74 Å². The number of Topliss-reactive ketones (excluding diaryl/α,β-unsaturated/α-hetero) is 1. The fourth-order valence-corrected chi connectivity index (χ4v) is 5.15. The number of nitrogens with zero attached hydrogens (tertiary/aromatic N) is 1. The second-order valence-electron chi connectivity index (χ2n) is 8.11. The molecule has 33 heavy (non-hydrogen) atoms. The monoisotopic (exact) mass is 485 g/mol. The van der Waals surface area contributed by atoms with Crippen molar-refractivity contribution in [1.29, 1.82) is 0 Å². The van der Waals surface area contributed by atoms with Gasteiger partial charge in [-0.05, 0) is 49.6 Å². The van der Waals surface area contributed by atoms with Crippen molar-refractivity contribution in [3.63, 3.8) is 0 Å². The van der Waals surface area contributed by atoms with E-state index >= 15 is 0 Å². The molecular formula is C23H26F3NO5S. The lowest BCUT2D eigenvalue weighted by Crippen LogP contribution is -2.40. The summed E-state index contributed by atoms with van der Waals surface area (Å²) in [4.78, 5) is 12.9. The second-order valence-corrected chi connectivity index (χ2v) is 10.0. The third kappa shape index (κ3) is 6.33. The maximum Gasteiger partial charge on any atom is 0.427 e. The predicted molar refractivity (Wildman–Crippen MR) is 115 cm³/mol. The average molecular weight is 486 g/mol. The van der Waals surface area contributed by atoms with Gasteiger partial charge >= 0.3 is 6.18 Å². The fourth-order valence-electron chi connectivity index (χ4n) is 3.68. The smallest absolute Gasteiger partial charge is 0.427 e. The number of aliphatic hydroxyl groups is 1. The van der Waals surface area contributed by atoms with Crippen LogP contribution in [0.25, 0.3) is 0 Å². The average Bonchev–Trinajstić information content (AvgIpc) is 2.78. The van der Waals surface area contributed by atoms with Crippen LogP contribution in [0.1, 0.15) is 24.0 Å². The molecule has 0 amide bonds. The van der Waals surface area contributed by atoms with E-state index in [1.54, 1.807) is 24.3 Å². The molecule has 0 saturated carbocycles. The highest BCUT2D eigenvalue weighted by atomic mass is 32.2. The van der Waals surface area contributed by atoms with Crippen LogP contribution in [0.4, 0.5) is 13.2 Å². The molecule has 1 saturated heterocycles. The van der Waals surface area contributed by atoms with Gasteiger partial charge in [0, 0.05) is 25.4 Å². The minimum atomic E-state index is -4.69. The van der Waals surface area contributed by atoms with E-state index in [0.717, 1.165) is 5.56 Å². The number of halogens is 3. The number of piperidine rings is 1. The Hall–Kier alpha value is -2.43. The summed E-state index contributed by atoms with van der Waals surface area (Å²) in [5.74, 6) is -0.383. The molecule has 0 radical (unpaired) electrons. The minimum absolute atomic E-state index is 0.0421. The van der Waals surface area contributed by atoms with E-state index in [0.29, 0.717) is 18.4 Å². The standard InChI is InChI=1S/C23H26F3NO5S/c1-16-2-8-20(9-3-16)33(30,31)27-12-10-18(11-13-27)21(29)14-17-4-6-19(7-5-17)32-22(15-28)23(24,25)26/h2-9,18,22,28H,10-15H2,1H3. The zero-order valence-corrected chi connectivity index (χ0v) is 18.9. The molecule has 0 aromatic heterocycles. The Morgan fingerprint density at radius 3 is 2.18 bits per heavy atom. The molecule has 3 rings (SSSR count). The first-order valence-electron chi connectivity index (χ1n) is 10.5. The van der Waals surface area contributed by atoms with Crippen molar-refractivity contribution in [2.24, 2.45) is 5.92 Å². The van der Waals surface area contributed by atoms with E-state index in [4.69, 9.17) is 9.84 Å². The molecule has 10 heteroatoms. The molecule has 1 unspecified atom stereocenters. The lowest BCUT2D eigenvalue weighted by molar-refractivity contribution is -0.204. The summed E-state index contributed by atoms with van der Waals surface area (Å²) < 4.78 is 69.9. The number of sulfonamides is 1. The van der Waals surface area contributed by atoms with Gasteiger partial charge in [-0.2, -0.15) is 17.5 Å². The van der Waals surface area contributed by atoms with Crippen LogP contribution in [0.15, 0.2) is 53.4 Å². The quantitative estimate of drug-likeness (QED) is 0.619. The molecule has 180 valence electrons. The maximum atomic E-state index is 12.8. The van der Waals surface area contributed by atoms with E-state index in [-0.39, 0.29) is 41.9 Å². The van der Waals surface area contributed by atoms with Crippen molar-refractivity contribution in [1.82, 2.24) is 4.31 Å². The van der Waals surface area contributed by atoms with Crippen LogP contribution in [0.2, 0.25) is 0 Å². The number of carbonyl (C=O) groups is 1. The number of rotatable bonds is 8. The first-order chi connectivity index (χ1) is 15.5. The van der Waals surface area contributed by atoms with Crippen LogP contribution in [-0.4, -0.2) is 55.6 Å². The van der Waals surface area contributed by atoms with Gasteiger partial charge < -0.3 is 9.84 Å². The van der Waals surface area contributed by atoms with Gasteiger partial charge in [-0.3, -0.25) is 4.79 Å². The van der Waals surface area contributed by atoms with Gasteiger partial charge in [0.2, 0.25) is 16.1 Å². The molecular weight excluding hydrogens is 459 g/mol. The number of hydrogen-bond acceptors (Lipinski definition) is 5. The van der Waals surface area contributed by atoms with E-state index < -0.39 is 28.9 Å². The Bertz CT molecular complexity index is 1040. The van der Waals surface area contributed by atoms with Crippen LogP contribution >= 0.6 is 0 Å². The molecule has 0 aliphatic carbocycles. The molecule has 1 N–H and O–H groups in total. The zero-order valence-electron chi connectivity index (χ0n) is 18.1. The van der Waals surface area contributed by atoms with Crippen molar-refractivity contribution in [3.05, 3.63) is 59.7 Å². The number of ketones is 1. The Morgan fingerprint density at radius 1 is 1.09 bits per heavy atom. The molecule has 1 aliphatic rings. The molecule has 2 aromatic rings. The van der Waals surface area contributed by atoms with Gasteiger partial charge in [0.15, 0.2) is 0 Å². The van der Waals surface area contributed by atoms with E-state index in [1.165, 1.54) is 28.6 Å². The summed E-state index contributed by atoms with van der Waals surface area (Å²) in [5, 5.41) is 8.85. The number of aliphatic hydroxyl groups excluding tert-OH is 1. The Morgan fingerprint density at radius 2 is 1.67 bits per heavy atom. The van der Waals surface area contributed by atoms with Crippen molar-refractivity contribution in [3.8, 4) is 5.75 Å². The largest absolute Gasteiger partial charge is 0.478 e. The molecule has 1 atom stereocenters. The van der Waals surface area contributed by atoms with Gasteiger partial charge in [-0.25, -0.2) is 8.42 Å². The summed E-state index contributed by atoms with van der Waals surface area (Å²) in [6, 6.07) is 12.3. The van der Waals surface area contributed by atoms with Gasteiger partial charge in [-0.1, -0.05) is 29.8 Å². The van der Waals surface area contributed by atoms with Crippen LogP contribution in [0, 0.1) is 12.8 Å². The zero-order chi connectivity index (χ0) is 24.2. The van der Waals surface area contributed by atoms with Crippen molar-refractivity contribution >= 4 is 15.8 Å². The normalized spacial score (nSPS) is 17.0. The number of ether oxygens (including phenoxy) is 1. The highest BCUT2D eigenvalue weighted by molar-refractivity contribution is 7.89. The SMILES string of the molecule is Cc1ccc(S(=O)(=O)N2CCC(C(=O)Cc3ccc(OC(CO)C(F)(F)F)cc3)CC2)cc1. The molecule has 1 aliphatic heterocycles. The number of benzene rings is 2. The molecule has 6 nitrogen and oxygen atoms in total. The summed E-state index contributed by atoms with van der Waals surface area (Å²) in [7, 11) is -3.60. The van der Waals surface area contributed by atoms with Gasteiger partial charge in [0.1, 0.15) is 11.5 Å². The van der Waals surface area contributed by atoms with Crippen molar-refractivity contribution in [2.45, 2.75) is 43.4 Å². The molecule has 1 fully saturated rings. The summed E-state index contributed by atoms with van der Waals surface area (Å²) >= 11 is 0. The van der Waals surface area contributed by atoms with E-state index in [2.05, 4.69) is 0 Å². The maximum absolute atomic E-state index is 12.8. The summed E-state index contributed by atoms with van der Waals surface area (Å²) in [6.45, 7) is 1.18. The van der Waals surface area contributed by atoms with E-state index in [1.807, 2.05) is 6.92 Å². The van der Waals surface area contributed by atoms with Crippen LogP contribution in [0.5, 0.6) is 5.75 Å². The van der Waals surface area contributed by atoms with Gasteiger partial charge in [0.25, 0.3) is 0 Å². The predicted octanol–water partition coefficient (Wildman–Crippen LogP) is 3.51. The summed E-state index contributed by atoms with van der Waals surface area (Å²) in [6.07, 6.45) is -6.08. The first-order valence-corrected chi connectivity index (χ1v) is 12.0. The highest BCUT2D eigenvalue weighted by Gasteiger charge is 2.41. The minimum Gasteiger partial charge on any atom is -0.478 e. The number of hydrogen-bond donors (Lipinski definition) is 1. The Kier molecular flexibility index (Phi) is 7.81. The number of carbonyl (C=O) groups excluding carboxylic acids is 1. The first kappa shape index (κ1) is 25.2. The topological polar surface area (TPSA) is 83.9 Å². The molecule has 2 aromatic carbocycles. The number of aryl methyl sites for hydroxylation is 1. The molecule has 1 heterocycles. The molecule has 0 spiro atoms. The summed E-state index contributed by atoms with van der Waals surface area (Å²) in [5.41, 5.74) is 1.58. The Balaban J connectivity index is 1.54. The van der Waals surface area contributed by atoms with E-state index in [9.17, 15) is 26.4 Å². The highest BCUT2D eigenvalue weighted by Crippen LogP contribution is 2.27. The van der Waals surface area contributed by atoms with Crippen molar-refractivity contribution < 1.29 is 36.2 Å². The van der Waals surface area contributed by atoms with Crippen LogP contribution in [-0.2, 0) is 21.2 Å². The van der Waals surface area contributed by atoms with Crippen LogP contribution in [0.3, 0.4) is 0 Å². The molecule has 0 bridgehead atoms. The lowest BCUT2D eigenvalue weighted by Gasteiger charge is -2.30. The third-order valence-electron chi connectivity index (χ3n) is 5.68. The Labute approximate surface area is 191 Å². The number of alkyl halides is 3. The lowest BCUT2D eigenvalue weighted by atomic mass is 9.90. The van der Waals surface area contributed by atoms with Crippen molar-refractivity contribution in [2.75, 3.05) is 19.7 Å². The third-order valence-corrected chi connectivity index (χ3v) is 7.59. The fraction of sp³-hybridized carbons (Fsp3) is 0.435.